The van der Waals surface area contributed by atoms with Crippen molar-refractivity contribution in [1.82, 2.24) is 5.43 Å². The van der Waals surface area contributed by atoms with Gasteiger partial charge in [0.15, 0.2) is 0 Å². The Labute approximate surface area is 78.9 Å². The molecule has 0 saturated heterocycles. The molecular formula is C10H16N2O. The van der Waals surface area contributed by atoms with Gasteiger partial charge in [-0.2, -0.15) is 0 Å². The third-order valence-corrected chi connectivity index (χ3v) is 1.85. The van der Waals surface area contributed by atoms with E-state index in [1.54, 1.807) is 0 Å². The molecule has 0 amide bonds. The second kappa shape index (κ2) is 5.56. The number of hydrogen-bond donors (Lipinski definition) is 2. The fourth-order valence-corrected chi connectivity index (χ4v) is 1.05. The maximum Gasteiger partial charge on any atom is 0.119 e. The van der Waals surface area contributed by atoms with E-state index in [2.05, 4.69) is 24.5 Å². The van der Waals surface area contributed by atoms with Gasteiger partial charge in [0.2, 0.25) is 0 Å². The molecule has 3 heteroatoms. The number of aryl methyl sites for hydroxylation is 1. The first-order valence-corrected chi connectivity index (χ1v) is 4.52. The summed E-state index contributed by atoms with van der Waals surface area (Å²) in [6.45, 7) is 3.39. The zero-order valence-electron chi connectivity index (χ0n) is 7.92. The summed E-state index contributed by atoms with van der Waals surface area (Å²) in [6, 6.07) is 8.11. The molecule has 1 aromatic carbocycles. The third-order valence-electron chi connectivity index (χ3n) is 1.85. The summed E-state index contributed by atoms with van der Waals surface area (Å²) in [5.74, 6) is 6.00. The molecular weight excluding hydrogens is 164 g/mol. The monoisotopic (exact) mass is 180 g/mol. The zero-order valence-corrected chi connectivity index (χ0v) is 7.92. The van der Waals surface area contributed by atoms with Crippen LogP contribution in [0.25, 0.3) is 0 Å². The van der Waals surface area contributed by atoms with Crippen molar-refractivity contribution in [2.75, 3.05) is 13.2 Å². The van der Waals surface area contributed by atoms with Crippen LogP contribution in [0.3, 0.4) is 0 Å². The SMILES string of the molecule is CCc1ccc(OCCNN)cc1. The number of hydrogen-bond acceptors (Lipinski definition) is 3. The summed E-state index contributed by atoms with van der Waals surface area (Å²) < 4.78 is 5.40. The molecule has 3 nitrogen and oxygen atoms in total. The number of benzene rings is 1. The lowest BCUT2D eigenvalue weighted by Gasteiger charge is -2.05. The fourth-order valence-electron chi connectivity index (χ4n) is 1.05. The molecule has 0 spiro atoms. The van der Waals surface area contributed by atoms with Crippen molar-refractivity contribution in [2.45, 2.75) is 13.3 Å². The normalized spacial score (nSPS) is 10.0. The smallest absolute Gasteiger partial charge is 0.119 e. The second-order valence-electron chi connectivity index (χ2n) is 2.80. The van der Waals surface area contributed by atoms with E-state index >= 15 is 0 Å². The second-order valence-corrected chi connectivity index (χ2v) is 2.80. The van der Waals surface area contributed by atoms with Crippen LogP contribution in [0.5, 0.6) is 5.75 Å². The van der Waals surface area contributed by atoms with E-state index < -0.39 is 0 Å². The van der Waals surface area contributed by atoms with E-state index in [4.69, 9.17) is 10.6 Å². The Bertz CT molecular complexity index is 233. The molecule has 0 saturated carbocycles. The van der Waals surface area contributed by atoms with Crippen molar-refractivity contribution < 1.29 is 4.74 Å². The standard InChI is InChI=1S/C10H16N2O/c1-2-9-3-5-10(6-4-9)13-8-7-12-11/h3-6,12H,2,7-8,11H2,1H3. The van der Waals surface area contributed by atoms with E-state index in [0.29, 0.717) is 13.2 Å². The molecule has 0 aliphatic heterocycles. The Morgan fingerprint density at radius 1 is 1.31 bits per heavy atom. The highest BCUT2D eigenvalue weighted by Crippen LogP contribution is 2.11. The van der Waals surface area contributed by atoms with Crippen molar-refractivity contribution >= 4 is 0 Å². The molecule has 0 atom stereocenters. The van der Waals surface area contributed by atoms with Gasteiger partial charge in [-0.15, -0.1) is 0 Å². The Balaban J connectivity index is 2.40. The first-order chi connectivity index (χ1) is 6.36. The van der Waals surface area contributed by atoms with Gasteiger partial charge < -0.3 is 4.74 Å². The molecule has 13 heavy (non-hydrogen) atoms. The molecule has 3 N–H and O–H groups in total. The lowest BCUT2D eigenvalue weighted by Crippen LogP contribution is -2.27. The average molecular weight is 180 g/mol. The molecule has 0 unspecified atom stereocenters. The lowest BCUT2D eigenvalue weighted by atomic mass is 10.2. The Morgan fingerprint density at radius 2 is 2.00 bits per heavy atom. The van der Waals surface area contributed by atoms with Gasteiger partial charge in [-0.25, -0.2) is 0 Å². The molecule has 0 radical (unpaired) electrons. The molecule has 0 aromatic heterocycles. The van der Waals surface area contributed by atoms with Gasteiger partial charge in [-0.1, -0.05) is 19.1 Å². The van der Waals surface area contributed by atoms with E-state index in [1.165, 1.54) is 5.56 Å². The van der Waals surface area contributed by atoms with Crippen molar-refractivity contribution in [3.63, 3.8) is 0 Å². The predicted molar refractivity (Wildman–Crippen MR) is 53.5 cm³/mol. The fraction of sp³-hybridized carbons (Fsp3) is 0.400. The number of hydrazine groups is 1. The highest BCUT2D eigenvalue weighted by molar-refractivity contribution is 5.27. The molecule has 0 aliphatic rings. The first kappa shape index (κ1) is 10.0. The number of rotatable bonds is 5. The molecule has 0 fully saturated rings. The van der Waals surface area contributed by atoms with E-state index in [0.717, 1.165) is 12.2 Å². The zero-order chi connectivity index (χ0) is 9.52. The molecule has 0 bridgehead atoms. The molecule has 0 heterocycles. The summed E-state index contributed by atoms with van der Waals surface area (Å²) in [5, 5.41) is 0. The van der Waals surface area contributed by atoms with Crippen molar-refractivity contribution in [2.24, 2.45) is 5.84 Å². The first-order valence-electron chi connectivity index (χ1n) is 4.52. The summed E-state index contributed by atoms with van der Waals surface area (Å²) in [7, 11) is 0. The van der Waals surface area contributed by atoms with Gasteiger partial charge in [-0.05, 0) is 24.1 Å². The maximum absolute atomic E-state index is 5.40. The van der Waals surface area contributed by atoms with Crippen LogP contribution in [0, 0.1) is 0 Å². The van der Waals surface area contributed by atoms with Crippen LogP contribution < -0.4 is 16.0 Å². The van der Waals surface area contributed by atoms with Gasteiger partial charge in [0.05, 0.1) is 0 Å². The Hall–Kier alpha value is -1.06. The van der Waals surface area contributed by atoms with Crippen LogP contribution in [-0.2, 0) is 6.42 Å². The van der Waals surface area contributed by atoms with Crippen LogP contribution in [0.2, 0.25) is 0 Å². The average Bonchev–Trinajstić information content (AvgIpc) is 2.19. The van der Waals surface area contributed by atoms with Gasteiger partial charge in [-0.3, -0.25) is 11.3 Å². The van der Waals surface area contributed by atoms with Crippen LogP contribution in [0.15, 0.2) is 24.3 Å². The lowest BCUT2D eigenvalue weighted by molar-refractivity contribution is 0.315. The van der Waals surface area contributed by atoms with Gasteiger partial charge >= 0.3 is 0 Å². The van der Waals surface area contributed by atoms with E-state index in [1.807, 2.05) is 12.1 Å². The highest BCUT2D eigenvalue weighted by atomic mass is 16.5. The molecule has 1 aromatic rings. The Kier molecular flexibility index (Phi) is 4.29. The Morgan fingerprint density at radius 3 is 2.54 bits per heavy atom. The largest absolute Gasteiger partial charge is 0.492 e. The van der Waals surface area contributed by atoms with Crippen LogP contribution in [0.1, 0.15) is 12.5 Å². The number of ether oxygens (including phenoxy) is 1. The van der Waals surface area contributed by atoms with E-state index in [9.17, 15) is 0 Å². The summed E-state index contributed by atoms with van der Waals surface area (Å²) >= 11 is 0. The van der Waals surface area contributed by atoms with Gasteiger partial charge in [0.25, 0.3) is 0 Å². The van der Waals surface area contributed by atoms with Crippen LogP contribution in [0.4, 0.5) is 0 Å². The minimum absolute atomic E-state index is 0.599. The summed E-state index contributed by atoms with van der Waals surface area (Å²) in [6.07, 6.45) is 1.06. The topological polar surface area (TPSA) is 47.3 Å². The predicted octanol–water partition coefficient (Wildman–Crippen LogP) is 1.09. The van der Waals surface area contributed by atoms with Gasteiger partial charge in [0.1, 0.15) is 12.4 Å². The van der Waals surface area contributed by atoms with Crippen molar-refractivity contribution in [1.29, 1.82) is 0 Å². The van der Waals surface area contributed by atoms with Crippen molar-refractivity contribution in [3.05, 3.63) is 29.8 Å². The molecule has 72 valence electrons. The van der Waals surface area contributed by atoms with Crippen molar-refractivity contribution in [3.8, 4) is 5.75 Å². The van der Waals surface area contributed by atoms with E-state index in [-0.39, 0.29) is 0 Å². The highest BCUT2D eigenvalue weighted by Gasteiger charge is 1.92. The third kappa shape index (κ3) is 3.44. The number of nitrogens with two attached hydrogens (primary N) is 1. The maximum atomic E-state index is 5.40. The molecule has 0 aliphatic carbocycles. The summed E-state index contributed by atoms with van der Waals surface area (Å²) in [4.78, 5) is 0. The van der Waals surface area contributed by atoms with Gasteiger partial charge in [0, 0.05) is 6.54 Å². The van der Waals surface area contributed by atoms with Crippen LogP contribution in [-0.4, -0.2) is 13.2 Å². The minimum Gasteiger partial charge on any atom is -0.492 e. The van der Waals surface area contributed by atoms with Crippen LogP contribution >= 0.6 is 0 Å². The quantitative estimate of drug-likeness (QED) is 0.405. The molecule has 1 rings (SSSR count). The minimum atomic E-state index is 0.599. The number of nitrogens with one attached hydrogen (secondary N) is 1. The summed E-state index contributed by atoms with van der Waals surface area (Å²) in [5.41, 5.74) is 3.86.